The molecule has 1 rings (SSSR count). The van der Waals surface area contributed by atoms with Crippen molar-refractivity contribution >= 4 is 11.9 Å². The van der Waals surface area contributed by atoms with Gasteiger partial charge in [0.1, 0.15) is 0 Å². The minimum atomic E-state index is -0.424. The summed E-state index contributed by atoms with van der Waals surface area (Å²) in [5.74, 6) is -0.826. The van der Waals surface area contributed by atoms with E-state index in [1.54, 1.807) is 6.07 Å². The molecule has 0 aromatic heterocycles. The zero-order valence-corrected chi connectivity index (χ0v) is 18.3. The fourth-order valence-corrected chi connectivity index (χ4v) is 3.37. The number of aryl methyl sites for hydroxylation is 1. The summed E-state index contributed by atoms with van der Waals surface area (Å²) < 4.78 is 11.0. The number of esters is 2. The molecule has 0 saturated heterocycles. The van der Waals surface area contributed by atoms with Gasteiger partial charge in [0.15, 0.2) is 0 Å². The molecule has 0 spiro atoms. The van der Waals surface area contributed by atoms with Crippen LogP contribution in [-0.4, -0.2) is 25.2 Å². The molecule has 0 aliphatic carbocycles. The van der Waals surface area contributed by atoms with Crippen molar-refractivity contribution < 1.29 is 19.1 Å². The van der Waals surface area contributed by atoms with Crippen LogP contribution in [0.5, 0.6) is 0 Å². The Hall–Kier alpha value is -1.84. The summed E-state index contributed by atoms with van der Waals surface area (Å²) in [6.45, 7) is 9.14. The lowest BCUT2D eigenvalue weighted by Gasteiger charge is -2.16. The van der Waals surface area contributed by atoms with Crippen LogP contribution in [0.25, 0.3) is 0 Å². The highest BCUT2D eigenvalue weighted by Crippen LogP contribution is 2.23. The van der Waals surface area contributed by atoms with Crippen molar-refractivity contribution in [2.45, 2.75) is 91.9 Å². The van der Waals surface area contributed by atoms with E-state index in [1.807, 2.05) is 13.0 Å². The highest BCUT2D eigenvalue weighted by Gasteiger charge is 2.24. The maximum atomic E-state index is 12.8. The van der Waals surface area contributed by atoms with E-state index in [1.165, 1.54) is 0 Å². The maximum Gasteiger partial charge on any atom is 0.339 e. The predicted octanol–water partition coefficient (Wildman–Crippen LogP) is 6.29. The molecule has 28 heavy (non-hydrogen) atoms. The third kappa shape index (κ3) is 7.65. The molecule has 0 heterocycles. The third-order valence-corrected chi connectivity index (χ3v) is 5.03. The van der Waals surface area contributed by atoms with Crippen LogP contribution in [0.2, 0.25) is 0 Å². The van der Waals surface area contributed by atoms with Gasteiger partial charge in [-0.05, 0) is 42.9 Å². The summed E-state index contributed by atoms with van der Waals surface area (Å²) in [7, 11) is 0. The number of carbonyl (C=O) groups excluding carboxylic acids is 2. The number of hydrogen-bond acceptors (Lipinski definition) is 4. The molecule has 0 amide bonds. The Morgan fingerprint density at radius 1 is 0.714 bits per heavy atom. The van der Waals surface area contributed by atoms with Crippen LogP contribution in [0.4, 0.5) is 0 Å². The van der Waals surface area contributed by atoms with E-state index >= 15 is 0 Å². The molecule has 4 nitrogen and oxygen atoms in total. The number of rotatable bonds is 14. The van der Waals surface area contributed by atoms with Crippen LogP contribution in [0, 0.1) is 0 Å². The van der Waals surface area contributed by atoms with Crippen molar-refractivity contribution in [3.05, 3.63) is 34.4 Å². The van der Waals surface area contributed by atoms with Gasteiger partial charge in [-0.2, -0.15) is 0 Å². The van der Waals surface area contributed by atoms with Gasteiger partial charge in [0.25, 0.3) is 0 Å². The third-order valence-electron chi connectivity index (χ3n) is 5.03. The maximum absolute atomic E-state index is 12.8. The van der Waals surface area contributed by atoms with Crippen LogP contribution in [0.15, 0.2) is 12.1 Å². The summed E-state index contributed by atoms with van der Waals surface area (Å²) >= 11 is 0. The average Bonchev–Trinajstić information content (AvgIpc) is 2.71. The van der Waals surface area contributed by atoms with Gasteiger partial charge in [-0.1, -0.05) is 72.3 Å². The monoisotopic (exact) mass is 390 g/mol. The second kappa shape index (κ2) is 14.2. The second-order valence-corrected chi connectivity index (χ2v) is 7.23. The lowest BCUT2D eigenvalue weighted by molar-refractivity contribution is 0.0449. The summed E-state index contributed by atoms with van der Waals surface area (Å²) in [4.78, 5) is 25.5. The van der Waals surface area contributed by atoms with E-state index in [9.17, 15) is 9.59 Å². The largest absolute Gasteiger partial charge is 0.462 e. The first-order valence-corrected chi connectivity index (χ1v) is 11.1. The fraction of sp³-hybridized carbons (Fsp3) is 0.667. The van der Waals surface area contributed by atoms with Crippen LogP contribution in [0.1, 0.15) is 111 Å². The molecule has 4 heteroatoms. The SMILES string of the molecule is CCCCCCOC(=O)c1ccc(CC)c(CC)c1C(=O)OCCCCCC. The van der Waals surface area contributed by atoms with Crippen molar-refractivity contribution in [1.29, 1.82) is 0 Å². The van der Waals surface area contributed by atoms with Crippen LogP contribution < -0.4 is 0 Å². The Kier molecular flexibility index (Phi) is 12.3. The molecule has 0 bridgehead atoms. The van der Waals surface area contributed by atoms with Gasteiger partial charge in [0, 0.05) is 0 Å². The molecule has 0 aliphatic heterocycles. The Morgan fingerprint density at radius 3 is 1.79 bits per heavy atom. The standard InChI is InChI=1S/C24H38O4/c1-5-9-11-13-17-27-23(25)21-16-15-19(7-3)20(8-4)22(21)24(26)28-18-14-12-10-6-2/h15-16H,5-14,17-18H2,1-4H3. The number of hydrogen-bond donors (Lipinski definition) is 0. The molecular weight excluding hydrogens is 352 g/mol. The molecule has 1 aromatic rings. The molecule has 0 fully saturated rings. The predicted molar refractivity (Wildman–Crippen MR) is 114 cm³/mol. The van der Waals surface area contributed by atoms with Gasteiger partial charge >= 0.3 is 11.9 Å². The fourth-order valence-electron chi connectivity index (χ4n) is 3.37. The van der Waals surface area contributed by atoms with Gasteiger partial charge < -0.3 is 9.47 Å². The summed E-state index contributed by atoms with van der Waals surface area (Å²) in [5, 5.41) is 0. The van der Waals surface area contributed by atoms with Crippen molar-refractivity contribution in [3.8, 4) is 0 Å². The molecule has 0 unspecified atom stereocenters. The van der Waals surface area contributed by atoms with Crippen molar-refractivity contribution in [1.82, 2.24) is 0 Å². The van der Waals surface area contributed by atoms with Crippen LogP contribution in [-0.2, 0) is 22.3 Å². The van der Waals surface area contributed by atoms with Crippen LogP contribution in [0.3, 0.4) is 0 Å². The number of ether oxygens (including phenoxy) is 2. The lowest BCUT2D eigenvalue weighted by atomic mass is 9.93. The lowest BCUT2D eigenvalue weighted by Crippen LogP contribution is -2.18. The zero-order chi connectivity index (χ0) is 20.8. The van der Waals surface area contributed by atoms with E-state index in [4.69, 9.17) is 9.47 Å². The number of carbonyl (C=O) groups is 2. The normalized spacial score (nSPS) is 10.7. The Balaban J connectivity index is 2.93. The van der Waals surface area contributed by atoms with Gasteiger partial charge in [0.2, 0.25) is 0 Å². The number of unbranched alkanes of at least 4 members (excludes halogenated alkanes) is 6. The van der Waals surface area contributed by atoms with Gasteiger partial charge in [-0.15, -0.1) is 0 Å². The minimum Gasteiger partial charge on any atom is -0.462 e. The second-order valence-electron chi connectivity index (χ2n) is 7.23. The first kappa shape index (κ1) is 24.2. The Morgan fingerprint density at radius 2 is 1.29 bits per heavy atom. The van der Waals surface area contributed by atoms with E-state index in [0.29, 0.717) is 30.8 Å². The van der Waals surface area contributed by atoms with Crippen molar-refractivity contribution in [2.24, 2.45) is 0 Å². The van der Waals surface area contributed by atoms with Gasteiger partial charge in [-0.3, -0.25) is 0 Å². The Labute approximate surface area is 171 Å². The minimum absolute atomic E-state index is 0.336. The highest BCUT2D eigenvalue weighted by atomic mass is 16.5. The quantitative estimate of drug-likeness (QED) is 0.277. The molecule has 0 aliphatic rings. The highest BCUT2D eigenvalue weighted by molar-refractivity contribution is 6.04. The van der Waals surface area contributed by atoms with Crippen molar-refractivity contribution in [3.63, 3.8) is 0 Å². The van der Waals surface area contributed by atoms with E-state index in [0.717, 1.165) is 68.9 Å². The molecule has 158 valence electrons. The Bertz CT molecular complexity index is 607. The van der Waals surface area contributed by atoms with Crippen molar-refractivity contribution in [2.75, 3.05) is 13.2 Å². The summed E-state index contributed by atoms with van der Waals surface area (Å²) in [5.41, 5.74) is 2.72. The zero-order valence-electron chi connectivity index (χ0n) is 18.3. The molecule has 0 radical (unpaired) electrons. The van der Waals surface area contributed by atoms with E-state index < -0.39 is 11.9 Å². The summed E-state index contributed by atoms with van der Waals surface area (Å²) in [6, 6.07) is 3.66. The first-order valence-electron chi connectivity index (χ1n) is 11.1. The van der Waals surface area contributed by atoms with E-state index in [-0.39, 0.29) is 0 Å². The molecule has 0 N–H and O–H groups in total. The molecule has 0 saturated carbocycles. The van der Waals surface area contributed by atoms with Gasteiger partial charge in [0.05, 0.1) is 24.3 Å². The van der Waals surface area contributed by atoms with Gasteiger partial charge in [-0.25, -0.2) is 9.59 Å². The topological polar surface area (TPSA) is 52.6 Å². The molecule has 1 aromatic carbocycles. The van der Waals surface area contributed by atoms with Crippen LogP contribution >= 0.6 is 0 Å². The molecular formula is C24H38O4. The number of benzene rings is 1. The van der Waals surface area contributed by atoms with E-state index in [2.05, 4.69) is 20.8 Å². The smallest absolute Gasteiger partial charge is 0.339 e. The summed E-state index contributed by atoms with van der Waals surface area (Å²) in [6.07, 6.45) is 9.85. The average molecular weight is 391 g/mol. The first-order chi connectivity index (χ1) is 13.6. The molecule has 0 atom stereocenters.